The number of rotatable bonds is 4. The molecule has 5 nitrogen and oxygen atoms in total. The Morgan fingerprint density at radius 1 is 1.20 bits per heavy atom. The summed E-state index contributed by atoms with van der Waals surface area (Å²) >= 11 is 1.63. The summed E-state index contributed by atoms with van der Waals surface area (Å²) in [6.45, 7) is 4.94. The molecule has 1 aliphatic rings. The van der Waals surface area contributed by atoms with Gasteiger partial charge < -0.3 is 4.74 Å². The van der Waals surface area contributed by atoms with Gasteiger partial charge in [0.15, 0.2) is 0 Å². The zero-order valence-corrected chi connectivity index (χ0v) is 15.2. The summed E-state index contributed by atoms with van der Waals surface area (Å²) in [5.41, 5.74) is 6.08. The fraction of sp³-hybridized carbons (Fsp3) is 0.316. The fourth-order valence-electron chi connectivity index (χ4n) is 3.23. The van der Waals surface area contributed by atoms with E-state index in [-0.39, 0.29) is 6.10 Å². The molecule has 0 fully saturated rings. The molecule has 0 aliphatic carbocycles. The molecule has 1 aliphatic heterocycles. The lowest BCUT2D eigenvalue weighted by Gasteiger charge is -2.25. The highest BCUT2D eigenvalue weighted by atomic mass is 32.2. The van der Waals surface area contributed by atoms with Gasteiger partial charge in [0.25, 0.3) is 0 Å². The van der Waals surface area contributed by atoms with Gasteiger partial charge in [0.1, 0.15) is 0 Å². The van der Waals surface area contributed by atoms with Crippen LogP contribution in [-0.2, 0) is 11.2 Å². The van der Waals surface area contributed by atoms with Crippen molar-refractivity contribution in [1.29, 1.82) is 0 Å². The van der Waals surface area contributed by atoms with Crippen molar-refractivity contribution in [1.82, 2.24) is 20.2 Å². The summed E-state index contributed by atoms with van der Waals surface area (Å²) in [5.74, 6) is 0.794. The van der Waals surface area contributed by atoms with E-state index in [1.54, 1.807) is 11.8 Å². The molecule has 0 spiro atoms. The lowest BCUT2D eigenvalue weighted by atomic mass is 9.99. The Balaban J connectivity index is 1.55. The number of aryl methyl sites for hydroxylation is 2. The Bertz CT molecular complexity index is 893. The highest BCUT2D eigenvalue weighted by Gasteiger charge is 2.22. The van der Waals surface area contributed by atoms with E-state index < -0.39 is 0 Å². The molecule has 128 valence electrons. The van der Waals surface area contributed by atoms with Crippen LogP contribution in [0.5, 0.6) is 0 Å². The van der Waals surface area contributed by atoms with Crippen molar-refractivity contribution < 1.29 is 4.74 Å². The molecule has 4 rings (SSSR count). The van der Waals surface area contributed by atoms with Crippen LogP contribution >= 0.6 is 11.8 Å². The predicted octanol–water partition coefficient (Wildman–Crippen LogP) is 3.69. The molecular formula is C19H20N4OS. The molecule has 6 heteroatoms. The third kappa shape index (κ3) is 3.32. The highest BCUT2D eigenvalue weighted by Crippen LogP contribution is 2.32. The lowest BCUT2D eigenvalue weighted by molar-refractivity contribution is 0.0587. The molecule has 25 heavy (non-hydrogen) atoms. The maximum absolute atomic E-state index is 5.99. The van der Waals surface area contributed by atoms with Gasteiger partial charge in [0, 0.05) is 5.75 Å². The van der Waals surface area contributed by atoms with Crippen LogP contribution in [0.4, 0.5) is 0 Å². The Hall–Kier alpha value is -2.18. The van der Waals surface area contributed by atoms with Crippen LogP contribution in [0, 0.1) is 13.8 Å². The Kier molecular flexibility index (Phi) is 4.55. The van der Waals surface area contributed by atoms with Crippen LogP contribution in [0.15, 0.2) is 47.6 Å². The van der Waals surface area contributed by atoms with E-state index in [4.69, 9.17) is 4.74 Å². The predicted molar refractivity (Wildman–Crippen MR) is 98.2 cm³/mol. The molecule has 1 aromatic heterocycles. The highest BCUT2D eigenvalue weighted by molar-refractivity contribution is 7.99. The van der Waals surface area contributed by atoms with Gasteiger partial charge in [-0.2, -0.15) is 4.68 Å². The first-order valence-electron chi connectivity index (χ1n) is 8.40. The van der Waals surface area contributed by atoms with Crippen LogP contribution in [0.3, 0.4) is 0 Å². The number of nitrogens with zero attached hydrogens (tertiary/aromatic N) is 4. The van der Waals surface area contributed by atoms with Crippen LogP contribution in [-0.4, -0.2) is 32.6 Å². The van der Waals surface area contributed by atoms with E-state index in [0.29, 0.717) is 0 Å². The van der Waals surface area contributed by atoms with Gasteiger partial charge in [-0.15, -0.1) is 5.10 Å². The van der Waals surface area contributed by atoms with E-state index >= 15 is 0 Å². The van der Waals surface area contributed by atoms with Gasteiger partial charge in [0.2, 0.25) is 5.16 Å². The monoisotopic (exact) mass is 352 g/mol. The molecule has 0 radical (unpaired) electrons. The average molecular weight is 352 g/mol. The third-order valence-corrected chi connectivity index (χ3v) is 5.46. The van der Waals surface area contributed by atoms with Crippen molar-refractivity contribution in [3.63, 3.8) is 0 Å². The molecule has 0 N–H and O–H groups in total. The first-order valence-corrected chi connectivity index (χ1v) is 9.39. The molecular weight excluding hydrogens is 332 g/mol. The van der Waals surface area contributed by atoms with Crippen molar-refractivity contribution >= 4 is 11.8 Å². The first-order chi connectivity index (χ1) is 12.2. The fourth-order valence-corrected chi connectivity index (χ4v) is 4.16. The van der Waals surface area contributed by atoms with Crippen molar-refractivity contribution in [2.75, 3.05) is 12.4 Å². The molecule has 2 aromatic carbocycles. The zero-order valence-electron chi connectivity index (χ0n) is 14.3. The second-order valence-electron chi connectivity index (χ2n) is 6.28. The second-order valence-corrected chi connectivity index (χ2v) is 7.27. The summed E-state index contributed by atoms with van der Waals surface area (Å²) in [6, 6.07) is 14.8. The minimum atomic E-state index is 0.0826. The number of benzene rings is 2. The number of aromatic nitrogens is 4. The Morgan fingerprint density at radius 2 is 2.08 bits per heavy atom. The smallest absolute Gasteiger partial charge is 0.214 e. The summed E-state index contributed by atoms with van der Waals surface area (Å²) in [5, 5.41) is 13.0. The molecule has 0 amide bonds. The van der Waals surface area contributed by atoms with E-state index in [9.17, 15) is 0 Å². The molecule has 0 saturated heterocycles. The van der Waals surface area contributed by atoms with Gasteiger partial charge in [-0.3, -0.25) is 0 Å². The average Bonchev–Trinajstić information content (AvgIpc) is 3.08. The molecule has 1 unspecified atom stereocenters. The van der Waals surface area contributed by atoms with Crippen molar-refractivity contribution in [3.05, 3.63) is 64.7 Å². The molecule has 0 saturated carbocycles. The van der Waals surface area contributed by atoms with Crippen LogP contribution in [0.25, 0.3) is 5.69 Å². The largest absolute Gasteiger partial charge is 0.372 e. The quantitative estimate of drug-likeness (QED) is 0.670. The zero-order chi connectivity index (χ0) is 17.2. The van der Waals surface area contributed by atoms with Crippen molar-refractivity contribution in [2.45, 2.75) is 31.5 Å². The number of ether oxygens (including phenoxy) is 1. The summed E-state index contributed by atoms with van der Waals surface area (Å²) in [4.78, 5) is 0. The van der Waals surface area contributed by atoms with Gasteiger partial charge in [-0.05, 0) is 53.5 Å². The Morgan fingerprint density at radius 3 is 2.96 bits per heavy atom. The molecule has 2 heterocycles. The lowest BCUT2D eigenvalue weighted by Crippen LogP contribution is -2.18. The second kappa shape index (κ2) is 6.98. The summed E-state index contributed by atoms with van der Waals surface area (Å²) in [7, 11) is 0. The summed E-state index contributed by atoms with van der Waals surface area (Å²) < 4.78 is 7.80. The van der Waals surface area contributed by atoms with Crippen LogP contribution in [0.1, 0.15) is 28.4 Å². The van der Waals surface area contributed by atoms with Crippen molar-refractivity contribution in [2.24, 2.45) is 0 Å². The van der Waals surface area contributed by atoms with Gasteiger partial charge in [0.05, 0.1) is 18.4 Å². The van der Waals surface area contributed by atoms with Gasteiger partial charge in [-0.1, -0.05) is 53.7 Å². The van der Waals surface area contributed by atoms with Crippen molar-refractivity contribution in [3.8, 4) is 5.69 Å². The number of hydrogen-bond acceptors (Lipinski definition) is 5. The van der Waals surface area contributed by atoms with Crippen LogP contribution < -0.4 is 0 Å². The first kappa shape index (κ1) is 16.3. The topological polar surface area (TPSA) is 52.8 Å². The summed E-state index contributed by atoms with van der Waals surface area (Å²) in [6.07, 6.45) is 1.07. The van der Waals surface area contributed by atoms with Gasteiger partial charge in [-0.25, -0.2) is 0 Å². The van der Waals surface area contributed by atoms with Crippen LogP contribution in [0.2, 0.25) is 0 Å². The number of thioether (sulfide) groups is 1. The standard InChI is InChI=1S/C19H20N4OS/c1-13-7-8-17(14(2)11-13)23-19(20-21-22-23)25-12-18-16-6-4-3-5-15(16)9-10-24-18/h3-8,11,18H,9-10,12H2,1-2H3. The number of tetrazole rings is 1. The maximum Gasteiger partial charge on any atom is 0.214 e. The number of fused-ring (bicyclic) bond motifs is 1. The van der Waals surface area contributed by atoms with E-state index in [2.05, 4.69) is 71.8 Å². The van der Waals surface area contributed by atoms with E-state index in [1.807, 2.05) is 4.68 Å². The Labute approximate surface area is 151 Å². The normalized spacial score (nSPS) is 16.6. The minimum Gasteiger partial charge on any atom is -0.372 e. The van der Waals surface area contributed by atoms with Gasteiger partial charge >= 0.3 is 0 Å². The van der Waals surface area contributed by atoms with E-state index in [0.717, 1.165) is 35.2 Å². The SMILES string of the molecule is Cc1ccc(-n2nnnc2SCC2OCCc3ccccc32)c(C)c1. The van der Waals surface area contributed by atoms with E-state index in [1.165, 1.54) is 16.7 Å². The maximum atomic E-state index is 5.99. The molecule has 0 bridgehead atoms. The molecule has 1 atom stereocenters. The third-order valence-electron chi connectivity index (χ3n) is 4.48. The molecule has 3 aromatic rings. The number of hydrogen-bond donors (Lipinski definition) is 0. The minimum absolute atomic E-state index is 0.0826.